The van der Waals surface area contributed by atoms with Crippen molar-refractivity contribution in [2.75, 3.05) is 5.83 Å². The molecule has 1 aromatic carbocycles. The fourth-order valence-electron chi connectivity index (χ4n) is 6.97. The molecule has 184 valence electrons. The molecule has 1 aromatic rings. The van der Waals surface area contributed by atoms with Crippen LogP contribution in [-0.4, -0.2) is 22.2 Å². The molecule has 3 aliphatic rings. The molecule has 0 heterocycles. The average molecular weight is 510 g/mol. The van der Waals surface area contributed by atoms with Crippen LogP contribution >= 0.6 is 15.9 Å². The number of aromatic hydroxyl groups is 1. The molecule has 0 bridgehead atoms. The summed E-state index contributed by atoms with van der Waals surface area (Å²) in [5.41, 5.74) is 2.97. The molecule has 2 nitrogen and oxygen atoms in total. The minimum atomic E-state index is -0.100. The highest BCUT2D eigenvalue weighted by Gasteiger charge is 2.55. The molecule has 0 aromatic heterocycles. The summed E-state index contributed by atoms with van der Waals surface area (Å²) < 4.78 is 0. The molecule has 0 spiro atoms. The lowest BCUT2D eigenvalue weighted by atomic mass is 9.53. The maximum absolute atomic E-state index is 10.5. The lowest BCUT2D eigenvalue weighted by Crippen LogP contribution is -2.46. The van der Waals surface area contributed by atoms with E-state index in [-0.39, 0.29) is 11.5 Å². The van der Waals surface area contributed by atoms with Gasteiger partial charge in [-0.2, -0.15) is 0 Å². The number of fused-ring (bicyclic) bond motifs is 5. The van der Waals surface area contributed by atoms with Crippen LogP contribution in [0, 0.1) is 23.2 Å². The number of hydrogen-bond donors (Lipinski definition) is 2. The first kappa shape index (κ1) is 27.7. The van der Waals surface area contributed by atoms with E-state index in [0.717, 1.165) is 19.3 Å². The van der Waals surface area contributed by atoms with Crippen LogP contribution in [0.25, 0.3) is 0 Å². The third-order valence-electron chi connectivity index (χ3n) is 8.71. The third kappa shape index (κ3) is 6.32. The standard InChI is InChI=1S/C19H26O2.C9H20.CH3Br/c1-11-9-12-10-13(20)3-4-14(12)15-7-8-19(2)16(18(11)15)5-6-17(19)21;1-3-5-7-9-8-6-4-2;1-2/h3-4,10-11,15-18,20-21H,5-9H2,1-2H3;3-9H2,1-2H3;1H3/t11-,15?,16?,17+,18?,19+;;/m1../s1. The molecule has 0 radical (unpaired) electrons. The largest absolute Gasteiger partial charge is 0.508 e. The summed E-state index contributed by atoms with van der Waals surface area (Å²) >= 11 is 2.94. The number of phenols is 1. The van der Waals surface area contributed by atoms with Gasteiger partial charge < -0.3 is 10.2 Å². The molecule has 3 heteroatoms. The monoisotopic (exact) mass is 508 g/mol. The first-order valence-corrected chi connectivity index (χ1v) is 14.9. The Morgan fingerprint density at radius 1 is 0.969 bits per heavy atom. The Morgan fingerprint density at radius 3 is 2.22 bits per heavy atom. The lowest BCUT2D eigenvalue weighted by molar-refractivity contribution is -0.0356. The molecular formula is C29H49BrO2. The van der Waals surface area contributed by atoms with Crippen LogP contribution in [0.2, 0.25) is 0 Å². The zero-order chi connectivity index (χ0) is 23.7. The second kappa shape index (κ2) is 13.4. The summed E-state index contributed by atoms with van der Waals surface area (Å²) in [5, 5.41) is 20.2. The maximum atomic E-state index is 10.5. The van der Waals surface area contributed by atoms with E-state index in [1.807, 2.05) is 18.0 Å². The highest BCUT2D eigenvalue weighted by molar-refractivity contribution is 9.08. The predicted molar refractivity (Wildman–Crippen MR) is 142 cm³/mol. The summed E-state index contributed by atoms with van der Waals surface area (Å²) in [4.78, 5) is 0. The Balaban J connectivity index is 0.000000282. The van der Waals surface area contributed by atoms with E-state index in [1.165, 1.54) is 68.9 Å². The zero-order valence-corrected chi connectivity index (χ0v) is 23.0. The van der Waals surface area contributed by atoms with Gasteiger partial charge in [-0.05, 0) is 90.3 Å². The van der Waals surface area contributed by atoms with Gasteiger partial charge in [0.15, 0.2) is 0 Å². The molecule has 6 atom stereocenters. The van der Waals surface area contributed by atoms with Crippen LogP contribution in [0.4, 0.5) is 0 Å². The molecule has 4 rings (SSSR count). The van der Waals surface area contributed by atoms with Gasteiger partial charge in [-0.1, -0.05) is 94.6 Å². The first-order chi connectivity index (χ1) is 15.4. The Hall–Kier alpha value is -0.540. The van der Waals surface area contributed by atoms with E-state index in [0.29, 0.717) is 29.4 Å². The van der Waals surface area contributed by atoms with Gasteiger partial charge in [0.2, 0.25) is 0 Å². The van der Waals surface area contributed by atoms with Gasteiger partial charge in [-0.25, -0.2) is 0 Å². The smallest absolute Gasteiger partial charge is 0.115 e. The number of aliphatic hydroxyl groups excluding tert-OH is 1. The molecule has 2 N–H and O–H groups in total. The second-order valence-electron chi connectivity index (χ2n) is 10.8. The van der Waals surface area contributed by atoms with Crippen LogP contribution in [0.3, 0.4) is 0 Å². The maximum Gasteiger partial charge on any atom is 0.115 e. The van der Waals surface area contributed by atoms with E-state index in [1.54, 1.807) is 0 Å². The van der Waals surface area contributed by atoms with Crippen molar-refractivity contribution in [1.82, 2.24) is 0 Å². The molecule has 2 saturated carbocycles. The van der Waals surface area contributed by atoms with Crippen molar-refractivity contribution in [3.63, 3.8) is 0 Å². The van der Waals surface area contributed by atoms with Crippen molar-refractivity contribution < 1.29 is 10.2 Å². The second-order valence-corrected chi connectivity index (χ2v) is 10.8. The number of hydrogen-bond acceptors (Lipinski definition) is 2. The summed E-state index contributed by atoms with van der Waals surface area (Å²) in [6.07, 6.45) is 15.5. The quantitative estimate of drug-likeness (QED) is 0.298. The third-order valence-corrected chi connectivity index (χ3v) is 8.71. The van der Waals surface area contributed by atoms with Crippen LogP contribution in [0.5, 0.6) is 5.75 Å². The molecule has 0 amide bonds. The van der Waals surface area contributed by atoms with E-state index >= 15 is 0 Å². The van der Waals surface area contributed by atoms with Crippen molar-refractivity contribution >= 4 is 15.9 Å². The average Bonchev–Trinajstić information content (AvgIpc) is 3.10. The van der Waals surface area contributed by atoms with E-state index < -0.39 is 0 Å². The Kier molecular flexibility index (Phi) is 11.6. The molecule has 32 heavy (non-hydrogen) atoms. The summed E-state index contributed by atoms with van der Waals surface area (Å²) in [6.45, 7) is 9.23. The van der Waals surface area contributed by atoms with Gasteiger partial charge in [-0.3, -0.25) is 0 Å². The van der Waals surface area contributed by atoms with Gasteiger partial charge in [0.1, 0.15) is 5.75 Å². The predicted octanol–water partition coefficient (Wildman–Crippen LogP) is 8.62. The molecular weight excluding hydrogens is 460 g/mol. The number of aliphatic hydroxyl groups is 1. The Morgan fingerprint density at radius 2 is 1.59 bits per heavy atom. The molecule has 3 aliphatic carbocycles. The fourth-order valence-corrected chi connectivity index (χ4v) is 6.97. The fraction of sp³-hybridized carbons (Fsp3) is 0.793. The minimum absolute atomic E-state index is 0.100. The molecule has 3 unspecified atom stereocenters. The summed E-state index contributed by atoms with van der Waals surface area (Å²) in [5.74, 6) is 4.87. The van der Waals surface area contributed by atoms with Crippen molar-refractivity contribution in [3.8, 4) is 5.75 Å². The van der Waals surface area contributed by atoms with Gasteiger partial charge in [0.25, 0.3) is 0 Å². The normalized spacial score (nSPS) is 32.4. The van der Waals surface area contributed by atoms with Crippen LogP contribution in [0.1, 0.15) is 115 Å². The van der Waals surface area contributed by atoms with Gasteiger partial charge >= 0.3 is 0 Å². The van der Waals surface area contributed by atoms with Crippen molar-refractivity contribution in [2.45, 2.75) is 117 Å². The van der Waals surface area contributed by atoms with Crippen LogP contribution in [-0.2, 0) is 6.42 Å². The number of alkyl halides is 1. The van der Waals surface area contributed by atoms with Crippen molar-refractivity contribution in [2.24, 2.45) is 23.2 Å². The van der Waals surface area contributed by atoms with E-state index in [4.69, 9.17) is 0 Å². The minimum Gasteiger partial charge on any atom is -0.508 e. The van der Waals surface area contributed by atoms with Crippen LogP contribution in [0.15, 0.2) is 18.2 Å². The lowest BCUT2D eigenvalue weighted by Gasteiger charge is -2.52. The highest BCUT2D eigenvalue weighted by atomic mass is 79.9. The topological polar surface area (TPSA) is 40.5 Å². The first-order valence-electron chi connectivity index (χ1n) is 13.3. The number of benzene rings is 1. The number of phenolic OH excluding ortho intramolecular Hbond substituents is 1. The van der Waals surface area contributed by atoms with Crippen molar-refractivity contribution in [3.05, 3.63) is 29.3 Å². The zero-order valence-electron chi connectivity index (χ0n) is 21.4. The number of rotatable bonds is 6. The van der Waals surface area contributed by atoms with Gasteiger partial charge in [0.05, 0.1) is 6.10 Å². The molecule has 0 saturated heterocycles. The number of unbranched alkanes of at least 4 members (excludes halogenated alkanes) is 6. The molecule has 0 aliphatic heterocycles. The van der Waals surface area contributed by atoms with Crippen molar-refractivity contribution in [1.29, 1.82) is 0 Å². The van der Waals surface area contributed by atoms with Gasteiger partial charge in [-0.15, -0.1) is 0 Å². The number of halogens is 1. The van der Waals surface area contributed by atoms with E-state index in [2.05, 4.69) is 49.7 Å². The molecule has 2 fully saturated rings. The SMILES string of the molecule is CBr.CCCCCCCCC.C[C@@H]1Cc2cc(O)ccc2C2CC[C@@]3(C)C(CC[C@@H]3O)C21. The van der Waals surface area contributed by atoms with E-state index in [9.17, 15) is 10.2 Å². The summed E-state index contributed by atoms with van der Waals surface area (Å²) in [7, 11) is 0. The summed E-state index contributed by atoms with van der Waals surface area (Å²) in [6, 6.07) is 5.98. The van der Waals surface area contributed by atoms with Gasteiger partial charge in [0, 0.05) is 0 Å². The van der Waals surface area contributed by atoms with Crippen LogP contribution < -0.4 is 0 Å². The Labute approximate surface area is 206 Å². The Bertz CT molecular complexity index is 669. The highest BCUT2D eigenvalue weighted by Crippen LogP contribution is 2.62.